The number of furan rings is 1. The largest absolute Gasteiger partial charge is 0.467 e. The van der Waals surface area contributed by atoms with Crippen LogP contribution in [0.3, 0.4) is 0 Å². The number of anilines is 1. The first-order chi connectivity index (χ1) is 9.65. The summed E-state index contributed by atoms with van der Waals surface area (Å²) in [6, 6.07) is 1.59. The third-order valence-corrected chi connectivity index (χ3v) is 2.87. The van der Waals surface area contributed by atoms with Crippen molar-refractivity contribution in [1.29, 1.82) is 0 Å². The Morgan fingerprint density at radius 1 is 1.45 bits per heavy atom. The number of fused-ring (bicyclic) bond motifs is 1. The molecule has 3 aromatic heterocycles. The van der Waals surface area contributed by atoms with E-state index in [9.17, 15) is 4.79 Å². The van der Waals surface area contributed by atoms with Gasteiger partial charge in [-0.15, -0.1) is 0 Å². The second-order valence-electron chi connectivity index (χ2n) is 4.27. The van der Waals surface area contributed by atoms with Crippen LogP contribution in [0.25, 0.3) is 11.2 Å². The fourth-order valence-electron chi connectivity index (χ4n) is 1.85. The number of nitrogens with zero attached hydrogens (tertiary/aromatic N) is 4. The van der Waals surface area contributed by atoms with Gasteiger partial charge in [0, 0.05) is 7.05 Å². The first kappa shape index (κ1) is 12.2. The van der Waals surface area contributed by atoms with Gasteiger partial charge >= 0.3 is 0 Å². The highest BCUT2D eigenvalue weighted by Crippen LogP contribution is 2.17. The van der Waals surface area contributed by atoms with E-state index < -0.39 is 5.91 Å². The van der Waals surface area contributed by atoms with Crippen molar-refractivity contribution in [2.45, 2.75) is 6.54 Å². The van der Waals surface area contributed by atoms with Gasteiger partial charge in [-0.2, -0.15) is 0 Å². The van der Waals surface area contributed by atoms with E-state index in [-0.39, 0.29) is 0 Å². The number of rotatable bonds is 4. The Kier molecular flexibility index (Phi) is 2.82. The van der Waals surface area contributed by atoms with Crippen molar-refractivity contribution >= 4 is 22.9 Å². The van der Waals surface area contributed by atoms with Crippen LogP contribution in [-0.4, -0.2) is 25.4 Å². The predicted octanol–water partition coefficient (Wildman–Crippen LogP) is 0.667. The first-order valence-electron chi connectivity index (χ1n) is 5.88. The molecule has 0 bridgehead atoms. The lowest BCUT2D eigenvalue weighted by molar-refractivity contribution is 0.0999. The van der Waals surface area contributed by atoms with E-state index in [0.29, 0.717) is 29.2 Å². The fraction of sp³-hybridized carbons (Fsp3) is 0.167. The molecule has 0 unspecified atom stereocenters. The predicted molar refractivity (Wildman–Crippen MR) is 70.9 cm³/mol. The number of aryl methyl sites for hydroxylation is 1. The maximum Gasteiger partial charge on any atom is 0.251 e. The summed E-state index contributed by atoms with van der Waals surface area (Å²) in [5, 5.41) is 3.10. The van der Waals surface area contributed by atoms with Gasteiger partial charge in [0.15, 0.2) is 11.5 Å². The summed E-state index contributed by atoms with van der Waals surface area (Å²) in [7, 11) is 1.86. The summed E-state index contributed by atoms with van der Waals surface area (Å²) in [5.74, 6) is 0.670. The van der Waals surface area contributed by atoms with Crippen molar-refractivity contribution in [1.82, 2.24) is 19.5 Å². The van der Waals surface area contributed by atoms with Gasteiger partial charge in [-0.3, -0.25) is 4.79 Å². The molecule has 0 spiro atoms. The van der Waals surface area contributed by atoms with E-state index in [2.05, 4.69) is 20.3 Å². The molecule has 8 nitrogen and oxygen atoms in total. The number of carbonyl (C=O) groups excluding carboxylic acids is 1. The molecule has 102 valence electrons. The zero-order valence-electron chi connectivity index (χ0n) is 10.7. The molecule has 20 heavy (non-hydrogen) atoms. The Balaban J connectivity index is 1.81. The number of primary amides is 1. The van der Waals surface area contributed by atoms with Crippen LogP contribution in [0.1, 0.15) is 16.1 Å². The van der Waals surface area contributed by atoms with E-state index in [1.54, 1.807) is 17.0 Å². The number of aromatic nitrogens is 4. The van der Waals surface area contributed by atoms with Crippen LogP contribution in [0.5, 0.6) is 0 Å². The van der Waals surface area contributed by atoms with Crippen molar-refractivity contribution < 1.29 is 9.21 Å². The summed E-state index contributed by atoms with van der Waals surface area (Å²) >= 11 is 0. The molecule has 3 rings (SSSR count). The average Bonchev–Trinajstić information content (AvgIpc) is 3.04. The van der Waals surface area contributed by atoms with Gasteiger partial charge in [-0.25, -0.2) is 15.0 Å². The van der Waals surface area contributed by atoms with Gasteiger partial charge in [0.2, 0.25) is 0 Å². The second-order valence-corrected chi connectivity index (χ2v) is 4.27. The van der Waals surface area contributed by atoms with Gasteiger partial charge in [-0.05, 0) is 6.07 Å². The number of nitrogens with two attached hydrogens (primary N) is 1. The number of carbonyl (C=O) groups is 1. The minimum atomic E-state index is -0.519. The number of imidazole rings is 1. The Hall–Kier alpha value is -2.90. The molecule has 0 atom stereocenters. The van der Waals surface area contributed by atoms with Gasteiger partial charge in [0.25, 0.3) is 5.91 Å². The van der Waals surface area contributed by atoms with Crippen LogP contribution < -0.4 is 11.1 Å². The van der Waals surface area contributed by atoms with Crippen LogP contribution in [-0.2, 0) is 13.6 Å². The molecule has 3 aromatic rings. The van der Waals surface area contributed by atoms with Crippen LogP contribution in [0.4, 0.5) is 5.82 Å². The Labute approximate surface area is 113 Å². The van der Waals surface area contributed by atoms with Crippen molar-refractivity contribution in [3.05, 3.63) is 36.3 Å². The van der Waals surface area contributed by atoms with Crippen LogP contribution >= 0.6 is 0 Å². The van der Waals surface area contributed by atoms with Gasteiger partial charge < -0.3 is 20.0 Å². The molecule has 0 aliphatic rings. The third kappa shape index (κ3) is 2.07. The lowest BCUT2D eigenvalue weighted by Gasteiger charge is -2.03. The standard InChI is InChI=1S/C12H12N6O2/c1-18-6-17-9-11(15-5-16-12(9)18)14-3-8-2-7(4-20-8)10(13)19/h2,4-6H,3H2,1H3,(H2,13,19)(H,14,15,16). The summed E-state index contributed by atoms with van der Waals surface area (Å²) in [6.07, 6.45) is 4.46. The van der Waals surface area contributed by atoms with Gasteiger partial charge in [0.05, 0.1) is 18.4 Å². The van der Waals surface area contributed by atoms with E-state index in [1.807, 2.05) is 7.05 Å². The van der Waals surface area contributed by atoms with Crippen LogP contribution in [0, 0.1) is 0 Å². The smallest absolute Gasteiger partial charge is 0.251 e. The Morgan fingerprint density at radius 2 is 2.30 bits per heavy atom. The minimum absolute atomic E-state index is 0.340. The average molecular weight is 272 g/mol. The highest BCUT2D eigenvalue weighted by Gasteiger charge is 2.10. The van der Waals surface area contributed by atoms with E-state index in [4.69, 9.17) is 10.2 Å². The minimum Gasteiger partial charge on any atom is -0.467 e. The number of hydrogen-bond donors (Lipinski definition) is 2. The highest BCUT2D eigenvalue weighted by atomic mass is 16.3. The lowest BCUT2D eigenvalue weighted by Crippen LogP contribution is -2.09. The summed E-state index contributed by atoms with van der Waals surface area (Å²) in [6.45, 7) is 0.371. The third-order valence-electron chi connectivity index (χ3n) is 2.87. The highest BCUT2D eigenvalue weighted by molar-refractivity contribution is 5.92. The van der Waals surface area contributed by atoms with Gasteiger partial charge in [-0.1, -0.05) is 0 Å². The first-order valence-corrected chi connectivity index (χ1v) is 5.88. The number of nitrogens with one attached hydrogen (secondary N) is 1. The normalized spacial score (nSPS) is 10.8. The van der Waals surface area contributed by atoms with E-state index in [0.717, 1.165) is 5.65 Å². The van der Waals surface area contributed by atoms with Crippen LogP contribution in [0.2, 0.25) is 0 Å². The molecule has 3 heterocycles. The van der Waals surface area contributed by atoms with E-state index >= 15 is 0 Å². The zero-order chi connectivity index (χ0) is 14.1. The van der Waals surface area contributed by atoms with E-state index in [1.165, 1.54) is 12.6 Å². The van der Waals surface area contributed by atoms with Crippen molar-refractivity contribution in [3.8, 4) is 0 Å². The second kappa shape index (κ2) is 4.65. The molecule has 0 saturated carbocycles. The molecule has 0 aliphatic carbocycles. The molecular formula is C12H12N6O2. The SMILES string of the molecule is Cn1cnc2c(NCc3cc(C(N)=O)co3)ncnc21. The van der Waals surface area contributed by atoms with Crippen LogP contribution in [0.15, 0.2) is 29.4 Å². The maximum atomic E-state index is 11.0. The molecule has 0 aliphatic heterocycles. The monoisotopic (exact) mass is 272 g/mol. The number of hydrogen-bond acceptors (Lipinski definition) is 6. The lowest BCUT2D eigenvalue weighted by atomic mass is 10.3. The molecule has 0 radical (unpaired) electrons. The fourth-order valence-corrected chi connectivity index (χ4v) is 1.85. The van der Waals surface area contributed by atoms with Crippen molar-refractivity contribution in [2.24, 2.45) is 12.8 Å². The van der Waals surface area contributed by atoms with Crippen molar-refractivity contribution in [2.75, 3.05) is 5.32 Å². The topological polar surface area (TPSA) is 112 Å². The summed E-state index contributed by atoms with van der Waals surface area (Å²) < 4.78 is 7.04. The summed E-state index contributed by atoms with van der Waals surface area (Å²) in [4.78, 5) is 23.5. The molecule has 3 N–H and O–H groups in total. The molecule has 0 aromatic carbocycles. The molecule has 0 saturated heterocycles. The maximum absolute atomic E-state index is 11.0. The molecular weight excluding hydrogens is 260 g/mol. The molecule has 1 amide bonds. The zero-order valence-corrected chi connectivity index (χ0v) is 10.7. The quantitative estimate of drug-likeness (QED) is 0.721. The van der Waals surface area contributed by atoms with Gasteiger partial charge in [0.1, 0.15) is 23.9 Å². The Morgan fingerprint density at radius 3 is 3.05 bits per heavy atom. The summed E-state index contributed by atoms with van der Waals surface area (Å²) in [5.41, 5.74) is 6.91. The molecule has 8 heteroatoms. The molecule has 0 fully saturated rings. The van der Waals surface area contributed by atoms with Crippen molar-refractivity contribution in [3.63, 3.8) is 0 Å². The Bertz CT molecular complexity index is 775. The number of amides is 1.